The normalized spacial score (nSPS) is 9.71. The average Bonchev–Trinajstić information content (AvgIpc) is 2.70. The summed E-state index contributed by atoms with van der Waals surface area (Å²) in [5, 5.41) is 16.5. The minimum atomic E-state index is 0.598. The minimum absolute atomic E-state index is 0.598. The zero-order valence-corrected chi connectivity index (χ0v) is 7.68. The smallest absolute Gasteiger partial charge is 0.101 e. The van der Waals surface area contributed by atoms with Gasteiger partial charge in [-0.1, -0.05) is 11.3 Å². The van der Waals surface area contributed by atoms with E-state index in [1.54, 1.807) is 23.1 Å². The van der Waals surface area contributed by atoms with E-state index in [1.807, 2.05) is 19.1 Å². The van der Waals surface area contributed by atoms with Gasteiger partial charge in [-0.3, -0.25) is 0 Å². The van der Waals surface area contributed by atoms with E-state index >= 15 is 0 Å². The molecule has 0 saturated carbocycles. The molecule has 68 valence electrons. The summed E-state index contributed by atoms with van der Waals surface area (Å²) in [7, 11) is 0. The lowest BCUT2D eigenvalue weighted by atomic mass is 10.1. The molecule has 0 bridgehead atoms. The van der Waals surface area contributed by atoms with Gasteiger partial charge in [0, 0.05) is 0 Å². The molecule has 14 heavy (non-hydrogen) atoms. The van der Waals surface area contributed by atoms with Crippen LogP contribution in [0.1, 0.15) is 11.1 Å². The van der Waals surface area contributed by atoms with Crippen LogP contribution in [0.4, 0.5) is 0 Å². The Kier molecular flexibility index (Phi) is 1.99. The summed E-state index contributed by atoms with van der Waals surface area (Å²) in [6, 6.07) is 7.72. The van der Waals surface area contributed by atoms with Crippen molar-refractivity contribution in [2.45, 2.75) is 6.92 Å². The number of benzene rings is 1. The molecule has 1 aromatic heterocycles. The van der Waals surface area contributed by atoms with Gasteiger partial charge in [0.15, 0.2) is 0 Å². The summed E-state index contributed by atoms with van der Waals surface area (Å²) < 4.78 is 1.59. The first-order valence-electron chi connectivity index (χ1n) is 4.18. The first-order valence-corrected chi connectivity index (χ1v) is 4.18. The Morgan fingerprint density at radius 1 is 1.43 bits per heavy atom. The molecule has 0 saturated heterocycles. The van der Waals surface area contributed by atoms with Crippen LogP contribution in [-0.4, -0.2) is 15.0 Å². The first kappa shape index (κ1) is 8.45. The molecule has 2 aromatic rings. The second-order valence-electron chi connectivity index (χ2n) is 2.98. The van der Waals surface area contributed by atoms with E-state index in [2.05, 4.69) is 16.4 Å². The molecule has 0 unspecified atom stereocenters. The van der Waals surface area contributed by atoms with Crippen LogP contribution in [0.15, 0.2) is 30.6 Å². The van der Waals surface area contributed by atoms with Gasteiger partial charge in [0.25, 0.3) is 0 Å². The van der Waals surface area contributed by atoms with Crippen LogP contribution < -0.4 is 0 Å². The number of hydrogen-bond acceptors (Lipinski definition) is 3. The summed E-state index contributed by atoms with van der Waals surface area (Å²) in [5.74, 6) is 0. The van der Waals surface area contributed by atoms with Gasteiger partial charge >= 0.3 is 0 Å². The van der Waals surface area contributed by atoms with Gasteiger partial charge < -0.3 is 0 Å². The maximum Gasteiger partial charge on any atom is 0.101 e. The van der Waals surface area contributed by atoms with Gasteiger partial charge in [-0.25, -0.2) is 4.68 Å². The van der Waals surface area contributed by atoms with Gasteiger partial charge in [0.1, 0.15) is 6.07 Å². The topological polar surface area (TPSA) is 54.5 Å². The second-order valence-corrected chi connectivity index (χ2v) is 2.98. The van der Waals surface area contributed by atoms with E-state index in [0.29, 0.717) is 5.56 Å². The van der Waals surface area contributed by atoms with Crippen LogP contribution in [0.25, 0.3) is 5.69 Å². The maximum atomic E-state index is 8.90. The lowest BCUT2D eigenvalue weighted by Gasteiger charge is -2.03. The lowest BCUT2D eigenvalue weighted by Crippen LogP contribution is -1.98. The quantitative estimate of drug-likeness (QED) is 0.674. The Balaban J connectivity index is 2.63. The SMILES string of the molecule is Cc1ccc(C#N)c(-n2ccnn2)c1. The number of rotatable bonds is 1. The number of nitrogens with zero attached hydrogens (tertiary/aromatic N) is 4. The highest BCUT2D eigenvalue weighted by Gasteiger charge is 2.04. The Morgan fingerprint density at radius 2 is 2.29 bits per heavy atom. The molecule has 0 aliphatic rings. The lowest BCUT2D eigenvalue weighted by molar-refractivity contribution is 0.800. The van der Waals surface area contributed by atoms with Crippen molar-refractivity contribution in [2.75, 3.05) is 0 Å². The molecular weight excluding hydrogens is 176 g/mol. The fourth-order valence-electron chi connectivity index (χ4n) is 1.26. The second kappa shape index (κ2) is 3.30. The maximum absolute atomic E-state index is 8.90. The van der Waals surface area contributed by atoms with Gasteiger partial charge in [-0.15, -0.1) is 5.10 Å². The van der Waals surface area contributed by atoms with Crippen LogP contribution in [0.5, 0.6) is 0 Å². The predicted octanol–water partition coefficient (Wildman–Crippen LogP) is 1.45. The molecule has 4 heteroatoms. The van der Waals surface area contributed by atoms with Crippen molar-refractivity contribution < 1.29 is 0 Å². The molecule has 2 rings (SSSR count). The van der Waals surface area contributed by atoms with Crippen molar-refractivity contribution in [3.8, 4) is 11.8 Å². The van der Waals surface area contributed by atoms with Crippen molar-refractivity contribution in [3.05, 3.63) is 41.7 Å². The van der Waals surface area contributed by atoms with Crippen LogP contribution in [0, 0.1) is 18.3 Å². The van der Waals surface area contributed by atoms with Crippen molar-refractivity contribution in [3.63, 3.8) is 0 Å². The molecule has 0 spiro atoms. The molecule has 0 atom stereocenters. The Labute approximate surface area is 81.4 Å². The fourth-order valence-corrected chi connectivity index (χ4v) is 1.26. The third kappa shape index (κ3) is 1.36. The van der Waals surface area contributed by atoms with Gasteiger partial charge in [-0.2, -0.15) is 5.26 Å². The fraction of sp³-hybridized carbons (Fsp3) is 0.100. The Bertz CT molecular complexity index is 479. The van der Waals surface area contributed by atoms with E-state index in [9.17, 15) is 0 Å². The highest BCUT2D eigenvalue weighted by atomic mass is 15.4. The molecule has 0 aliphatic carbocycles. The minimum Gasteiger partial charge on any atom is -0.219 e. The molecule has 0 radical (unpaired) electrons. The molecule has 0 amide bonds. The molecule has 1 heterocycles. The largest absolute Gasteiger partial charge is 0.219 e. The highest BCUT2D eigenvalue weighted by molar-refractivity contribution is 5.49. The predicted molar refractivity (Wildman–Crippen MR) is 50.8 cm³/mol. The molecule has 0 fully saturated rings. The average molecular weight is 184 g/mol. The molecule has 0 aliphatic heterocycles. The molecule has 0 N–H and O–H groups in total. The third-order valence-corrected chi connectivity index (χ3v) is 1.94. The zero-order valence-electron chi connectivity index (χ0n) is 7.68. The standard InChI is InChI=1S/C10H8N4/c1-8-2-3-9(7-11)10(6-8)14-5-4-12-13-14/h2-6H,1H3. The van der Waals surface area contributed by atoms with Crippen molar-refractivity contribution in [2.24, 2.45) is 0 Å². The summed E-state index contributed by atoms with van der Waals surface area (Å²) in [5.41, 5.74) is 2.46. The monoisotopic (exact) mass is 184 g/mol. The highest BCUT2D eigenvalue weighted by Crippen LogP contribution is 2.14. The van der Waals surface area contributed by atoms with E-state index in [4.69, 9.17) is 5.26 Å². The van der Waals surface area contributed by atoms with Crippen molar-refractivity contribution in [1.82, 2.24) is 15.0 Å². The van der Waals surface area contributed by atoms with Gasteiger partial charge in [0.05, 0.1) is 23.6 Å². The number of aromatic nitrogens is 3. The first-order chi connectivity index (χ1) is 6.81. The van der Waals surface area contributed by atoms with E-state index in [-0.39, 0.29) is 0 Å². The van der Waals surface area contributed by atoms with Crippen molar-refractivity contribution >= 4 is 0 Å². The zero-order chi connectivity index (χ0) is 9.97. The van der Waals surface area contributed by atoms with Crippen molar-refractivity contribution in [1.29, 1.82) is 5.26 Å². The number of aryl methyl sites for hydroxylation is 1. The van der Waals surface area contributed by atoms with Gasteiger partial charge in [0.2, 0.25) is 0 Å². The van der Waals surface area contributed by atoms with Crippen LogP contribution in [-0.2, 0) is 0 Å². The third-order valence-electron chi connectivity index (χ3n) is 1.94. The summed E-state index contributed by atoms with van der Waals surface area (Å²) in [4.78, 5) is 0. The van der Waals surface area contributed by atoms with Crippen LogP contribution >= 0.6 is 0 Å². The van der Waals surface area contributed by atoms with Gasteiger partial charge in [-0.05, 0) is 24.6 Å². The van der Waals surface area contributed by atoms with E-state index in [0.717, 1.165) is 11.3 Å². The van der Waals surface area contributed by atoms with Crippen LogP contribution in [0.3, 0.4) is 0 Å². The Morgan fingerprint density at radius 3 is 2.93 bits per heavy atom. The number of hydrogen-bond donors (Lipinski definition) is 0. The van der Waals surface area contributed by atoms with E-state index in [1.165, 1.54) is 0 Å². The number of nitriles is 1. The molecule has 1 aromatic carbocycles. The van der Waals surface area contributed by atoms with Crippen LogP contribution in [0.2, 0.25) is 0 Å². The summed E-state index contributed by atoms with van der Waals surface area (Å²) in [6.07, 6.45) is 3.30. The Hall–Kier alpha value is -2.15. The summed E-state index contributed by atoms with van der Waals surface area (Å²) >= 11 is 0. The van der Waals surface area contributed by atoms with E-state index < -0.39 is 0 Å². The molecule has 4 nitrogen and oxygen atoms in total. The molecular formula is C10H8N4. The summed E-state index contributed by atoms with van der Waals surface area (Å²) in [6.45, 7) is 1.97.